The molecule has 0 saturated carbocycles. The van der Waals surface area contributed by atoms with E-state index in [-0.39, 0.29) is 0 Å². The number of ether oxygens (including phenoxy) is 2. The second-order valence-corrected chi connectivity index (χ2v) is 4.21. The Morgan fingerprint density at radius 3 is 2.82 bits per heavy atom. The standard InChI is InChI=1S/C11H18N2O3S/c1-4-6-7-8-12-9(10(13-8)17-3)16-11(14)15-5-2/h4-7H2,1-3H3,(H,12,13). The first-order valence-corrected chi connectivity index (χ1v) is 6.91. The van der Waals surface area contributed by atoms with Crippen molar-refractivity contribution in [3.05, 3.63) is 5.82 Å². The number of aromatic nitrogens is 2. The first-order valence-electron chi connectivity index (χ1n) is 5.68. The Kier molecular flexibility index (Phi) is 5.90. The number of carbonyl (C=O) groups is 1. The zero-order valence-corrected chi connectivity index (χ0v) is 11.2. The minimum atomic E-state index is -0.700. The van der Waals surface area contributed by atoms with Crippen LogP contribution in [0.25, 0.3) is 0 Å². The molecule has 5 nitrogen and oxygen atoms in total. The van der Waals surface area contributed by atoms with Gasteiger partial charge in [-0.2, -0.15) is 0 Å². The van der Waals surface area contributed by atoms with E-state index in [2.05, 4.69) is 16.9 Å². The Morgan fingerprint density at radius 1 is 1.47 bits per heavy atom. The van der Waals surface area contributed by atoms with Gasteiger partial charge in [0.05, 0.1) is 6.61 Å². The highest BCUT2D eigenvalue weighted by Gasteiger charge is 2.14. The Bertz CT molecular complexity index is 366. The van der Waals surface area contributed by atoms with Crippen molar-refractivity contribution < 1.29 is 14.3 Å². The number of carbonyl (C=O) groups excluding carboxylic acids is 1. The topological polar surface area (TPSA) is 64.2 Å². The molecule has 0 aliphatic heterocycles. The van der Waals surface area contributed by atoms with Gasteiger partial charge in [0.15, 0.2) is 5.03 Å². The van der Waals surface area contributed by atoms with Gasteiger partial charge in [0.1, 0.15) is 5.82 Å². The number of aryl methyl sites for hydroxylation is 1. The lowest BCUT2D eigenvalue weighted by molar-refractivity contribution is 0.102. The molecule has 1 aromatic rings. The lowest BCUT2D eigenvalue weighted by Crippen LogP contribution is -2.10. The molecule has 0 atom stereocenters. The van der Waals surface area contributed by atoms with Crippen LogP contribution < -0.4 is 4.74 Å². The third kappa shape index (κ3) is 4.30. The summed E-state index contributed by atoms with van der Waals surface area (Å²) < 4.78 is 9.75. The van der Waals surface area contributed by atoms with Crippen LogP contribution in [0.2, 0.25) is 0 Å². The fraction of sp³-hybridized carbons (Fsp3) is 0.636. The number of rotatable bonds is 6. The molecule has 1 aromatic heterocycles. The normalized spacial score (nSPS) is 10.3. The monoisotopic (exact) mass is 258 g/mol. The van der Waals surface area contributed by atoms with Crippen LogP contribution in [0.5, 0.6) is 5.88 Å². The second-order valence-electron chi connectivity index (χ2n) is 3.41. The summed E-state index contributed by atoms with van der Waals surface area (Å²) in [6.45, 7) is 4.15. The van der Waals surface area contributed by atoms with Crippen molar-refractivity contribution in [1.29, 1.82) is 0 Å². The van der Waals surface area contributed by atoms with E-state index < -0.39 is 6.16 Å². The van der Waals surface area contributed by atoms with E-state index in [4.69, 9.17) is 9.47 Å². The SMILES string of the molecule is CCCCc1nc(SC)c(OC(=O)OCC)[nH]1. The predicted molar refractivity (Wildman–Crippen MR) is 66.6 cm³/mol. The molecular weight excluding hydrogens is 240 g/mol. The Balaban J connectivity index is 2.69. The first kappa shape index (κ1) is 13.9. The molecule has 0 radical (unpaired) electrons. The highest BCUT2D eigenvalue weighted by atomic mass is 32.2. The molecule has 1 N–H and O–H groups in total. The van der Waals surface area contributed by atoms with Crippen LogP contribution in [-0.4, -0.2) is 29.0 Å². The minimum absolute atomic E-state index is 0.296. The van der Waals surface area contributed by atoms with E-state index in [0.717, 1.165) is 25.1 Å². The fourth-order valence-electron chi connectivity index (χ4n) is 1.29. The number of imidazole rings is 1. The van der Waals surface area contributed by atoms with Crippen molar-refractivity contribution in [3.63, 3.8) is 0 Å². The van der Waals surface area contributed by atoms with Gasteiger partial charge in [0.2, 0.25) is 5.88 Å². The van der Waals surface area contributed by atoms with Gasteiger partial charge in [0, 0.05) is 6.42 Å². The maximum Gasteiger partial charge on any atom is 0.515 e. The van der Waals surface area contributed by atoms with Crippen LogP contribution >= 0.6 is 11.8 Å². The van der Waals surface area contributed by atoms with E-state index >= 15 is 0 Å². The number of aromatic amines is 1. The van der Waals surface area contributed by atoms with Gasteiger partial charge in [0.25, 0.3) is 0 Å². The number of hydrogen-bond donors (Lipinski definition) is 1. The van der Waals surface area contributed by atoms with Crippen molar-refractivity contribution in [2.45, 2.75) is 38.1 Å². The average Bonchev–Trinajstić information content (AvgIpc) is 2.69. The maximum atomic E-state index is 11.2. The van der Waals surface area contributed by atoms with Gasteiger partial charge in [-0.05, 0) is 19.6 Å². The van der Waals surface area contributed by atoms with Crippen molar-refractivity contribution in [2.24, 2.45) is 0 Å². The van der Waals surface area contributed by atoms with E-state index in [0.29, 0.717) is 17.5 Å². The molecule has 0 aromatic carbocycles. The Hall–Kier alpha value is -1.17. The summed E-state index contributed by atoms with van der Waals surface area (Å²) in [4.78, 5) is 18.6. The molecule has 0 saturated heterocycles. The van der Waals surface area contributed by atoms with Gasteiger partial charge < -0.3 is 14.5 Å². The molecule has 0 aliphatic carbocycles. The van der Waals surface area contributed by atoms with Crippen LogP contribution in [0.15, 0.2) is 5.03 Å². The van der Waals surface area contributed by atoms with Crippen molar-refractivity contribution in [3.8, 4) is 5.88 Å². The van der Waals surface area contributed by atoms with Gasteiger partial charge in [-0.15, -0.1) is 11.8 Å². The van der Waals surface area contributed by atoms with Crippen LogP contribution in [0.1, 0.15) is 32.5 Å². The van der Waals surface area contributed by atoms with Crippen LogP contribution in [-0.2, 0) is 11.2 Å². The Labute approximate surface area is 105 Å². The van der Waals surface area contributed by atoms with Crippen molar-refractivity contribution in [2.75, 3.05) is 12.9 Å². The van der Waals surface area contributed by atoms with Gasteiger partial charge in [-0.1, -0.05) is 13.3 Å². The highest BCUT2D eigenvalue weighted by Crippen LogP contribution is 2.25. The van der Waals surface area contributed by atoms with Crippen molar-refractivity contribution >= 4 is 17.9 Å². The molecular formula is C11H18N2O3S. The predicted octanol–water partition coefficient (Wildman–Crippen LogP) is 3.01. The molecule has 0 unspecified atom stereocenters. The fourth-order valence-corrected chi connectivity index (χ4v) is 1.77. The highest BCUT2D eigenvalue weighted by molar-refractivity contribution is 7.98. The van der Waals surface area contributed by atoms with E-state index in [1.165, 1.54) is 11.8 Å². The summed E-state index contributed by atoms with van der Waals surface area (Å²) >= 11 is 1.43. The smallest absolute Gasteiger partial charge is 0.434 e. The third-order valence-electron chi connectivity index (χ3n) is 2.10. The minimum Gasteiger partial charge on any atom is -0.434 e. The number of nitrogens with one attached hydrogen (secondary N) is 1. The second kappa shape index (κ2) is 7.21. The molecule has 0 aliphatic rings. The molecule has 6 heteroatoms. The molecule has 1 rings (SSSR count). The molecule has 1 heterocycles. The summed E-state index contributed by atoms with van der Waals surface area (Å²) in [5.41, 5.74) is 0. The molecule has 0 amide bonds. The first-order chi connectivity index (χ1) is 8.21. The summed E-state index contributed by atoms with van der Waals surface area (Å²) in [6, 6.07) is 0. The van der Waals surface area contributed by atoms with Crippen LogP contribution in [0.4, 0.5) is 4.79 Å². The maximum absolute atomic E-state index is 11.2. The molecule has 0 spiro atoms. The van der Waals surface area contributed by atoms with Gasteiger partial charge in [-0.3, -0.25) is 0 Å². The molecule has 0 fully saturated rings. The van der Waals surface area contributed by atoms with Gasteiger partial charge in [-0.25, -0.2) is 9.78 Å². The van der Waals surface area contributed by atoms with Crippen LogP contribution in [0.3, 0.4) is 0 Å². The quantitative estimate of drug-likeness (QED) is 0.627. The van der Waals surface area contributed by atoms with Gasteiger partial charge >= 0.3 is 6.16 Å². The zero-order chi connectivity index (χ0) is 12.7. The summed E-state index contributed by atoms with van der Waals surface area (Å²) in [7, 11) is 0. The number of nitrogens with zero attached hydrogens (tertiary/aromatic N) is 1. The molecule has 17 heavy (non-hydrogen) atoms. The Morgan fingerprint density at radius 2 is 2.24 bits per heavy atom. The number of unbranched alkanes of at least 4 members (excludes halogenated alkanes) is 1. The number of H-pyrrole nitrogens is 1. The average molecular weight is 258 g/mol. The van der Waals surface area contributed by atoms with E-state index in [9.17, 15) is 4.79 Å². The molecule has 0 bridgehead atoms. The van der Waals surface area contributed by atoms with E-state index in [1.807, 2.05) is 6.26 Å². The zero-order valence-electron chi connectivity index (χ0n) is 10.4. The number of hydrogen-bond acceptors (Lipinski definition) is 5. The van der Waals surface area contributed by atoms with E-state index in [1.54, 1.807) is 6.92 Å². The summed E-state index contributed by atoms with van der Waals surface area (Å²) in [6.07, 6.45) is 4.20. The van der Waals surface area contributed by atoms with Crippen LogP contribution in [0, 0.1) is 0 Å². The largest absolute Gasteiger partial charge is 0.515 e. The lowest BCUT2D eigenvalue weighted by atomic mass is 10.2. The molecule has 96 valence electrons. The number of thioether (sulfide) groups is 1. The summed E-state index contributed by atoms with van der Waals surface area (Å²) in [5.74, 6) is 1.22. The summed E-state index contributed by atoms with van der Waals surface area (Å²) in [5, 5.41) is 0.684. The lowest BCUT2D eigenvalue weighted by Gasteiger charge is -2.02. The van der Waals surface area contributed by atoms with Crippen molar-refractivity contribution in [1.82, 2.24) is 9.97 Å². The third-order valence-corrected chi connectivity index (χ3v) is 2.76.